The molecular formula is C7H8INOS. The van der Waals surface area contributed by atoms with Crippen LogP contribution in [-0.2, 0) is 0 Å². The topological polar surface area (TPSA) is 35.2 Å². The number of nitrogens with two attached hydrogens (primary N) is 1. The minimum Gasteiger partial charge on any atom is -0.497 e. The van der Waals surface area contributed by atoms with E-state index in [0.29, 0.717) is 0 Å². The second-order valence-corrected chi connectivity index (χ2v) is 3.75. The second-order valence-electron chi connectivity index (χ2n) is 1.91. The van der Waals surface area contributed by atoms with Gasteiger partial charge >= 0.3 is 0 Å². The van der Waals surface area contributed by atoms with E-state index in [4.69, 9.17) is 9.88 Å². The van der Waals surface area contributed by atoms with Gasteiger partial charge in [-0.1, -0.05) is 0 Å². The lowest BCUT2D eigenvalue weighted by atomic mass is 10.3. The van der Waals surface area contributed by atoms with Crippen molar-refractivity contribution in [2.24, 2.45) is 5.14 Å². The first-order chi connectivity index (χ1) is 5.27. The predicted molar refractivity (Wildman–Crippen MR) is 55.8 cm³/mol. The molecule has 1 aromatic carbocycles. The van der Waals surface area contributed by atoms with Crippen molar-refractivity contribution in [1.82, 2.24) is 0 Å². The maximum Gasteiger partial charge on any atom is 0.120 e. The first kappa shape index (κ1) is 9.15. The van der Waals surface area contributed by atoms with Crippen LogP contribution in [0.25, 0.3) is 0 Å². The molecule has 0 amide bonds. The Bertz CT molecular complexity index is 254. The van der Waals surface area contributed by atoms with Gasteiger partial charge in [0.25, 0.3) is 0 Å². The van der Waals surface area contributed by atoms with Crippen LogP contribution in [0.4, 0.5) is 0 Å². The number of halogens is 1. The maximum absolute atomic E-state index is 5.43. The predicted octanol–water partition coefficient (Wildman–Crippen LogP) is 2.27. The Hall–Kier alpha value is 0.0600. The molecule has 0 saturated carbocycles. The summed E-state index contributed by atoms with van der Waals surface area (Å²) in [6.45, 7) is 0. The highest BCUT2D eigenvalue weighted by molar-refractivity contribution is 14.1. The van der Waals surface area contributed by atoms with Crippen molar-refractivity contribution in [2.75, 3.05) is 7.11 Å². The van der Waals surface area contributed by atoms with Gasteiger partial charge in [0.05, 0.1) is 7.11 Å². The van der Waals surface area contributed by atoms with Crippen LogP contribution in [0, 0.1) is 3.57 Å². The highest BCUT2D eigenvalue weighted by Gasteiger charge is 1.99. The minimum absolute atomic E-state index is 0.846. The number of rotatable bonds is 2. The van der Waals surface area contributed by atoms with E-state index in [-0.39, 0.29) is 0 Å². The van der Waals surface area contributed by atoms with Crippen LogP contribution in [-0.4, -0.2) is 7.11 Å². The van der Waals surface area contributed by atoms with E-state index < -0.39 is 0 Å². The van der Waals surface area contributed by atoms with Crippen LogP contribution in [0.5, 0.6) is 5.75 Å². The van der Waals surface area contributed by atoms with Crippen molar-refractivity contribution in [3.05, 3.63) is 21.8 Å². The molecule has 2 nitrogen and oxygen atoms in total. The molecule has 4 heteroatoms. The third-order valence-corrected chi connectivity index (χ3v) is 3.16. The lowest BCUT2D eigenvalue weighted by Gasteiger charge is -2.03. The molecular weight excluding hydrogens is 273 g/mol. The summed E-state index contributed by atoms with van der Waals surface area (Å²) >= 11 is 3.47. The zero-order chi connectivity index (χ0) is 8.27. The Morgan fingerprint density at radius 3 is 2.82 bits per heavy atom. The second kappa shape index (κ2) is 4.18. The van der Waals surface area contributed by atoms with Gasteiger partial charge in [-0.15, -0.1) is 0 Å². The molecule has 0 aliphatic rings. The van der Waals surface area contributed by atoms with Gasteiger partial charge in [0.1, 0.15) is 5.75 Å². The molecule has 0 aliphatic carbocycles. The SMILES string of the molecule is COc1ccc(I)c(SN)c1. The maximum atomic E-state index is 5.43. The number of hydrogen-bond acceptors (Lipinski definition) is 3. The fraction of sp³-hybridized carbons (Fsp3) is 0.143. The number of methoxy groups -OCH3 is 1. The molecule has 0 aromatic heterocycles. The van der Waals surface area contributed by atoms with Crippen LogP contribution in [0.1, 0.15) is 0 Å². The van der Waals surface area contributed by atoms with Gasteiger partial charge in [0, 0.05) is 8.47 Å². The molecule has 2 N–H and O–H groups in total. The fourth-order valence-electron chi connectivity index (χ4n) is 0.701. The van der Waals surface area contributed by atoms with Crippen molar-refractivity contribution in [3.63, 3.8) is 0 Å². The van der Waals surface area contributed by atoms with E-state index in [1.165, 1.54) is 11.9 Å². The Labute approximate surface area is 83.8 Å². The van der Waals surface area contributed by atoms with Gasteiger partial charge in [0.15, 0.2) is 0 Å². The van der Waals surface area contributed by atoms with Crippen LogP contribution in [0.2, 0.25) is 0 Å². The Morgan fingerprint density at radius 2 is 2.27 bits per heavy atom. The summed E-state index contributed by atoms with van der Waals surface area (Å²) in [7, 11) is 1.65. The van der Waals surface area contributed by atoms with Crippen LogP contribution in [0.3, 0.4) is 0 Å². The smallest absolute Gasteiger partial charge is 0.120 e. The van der Waals surface area contributed by atoms with Crippen molar-refractivity contribution in [3.8, 4) is 5.75 Å². The normalized spacial score (nSPS) is 9.73. The number of benzene rings is 1. The average Bonchev–Trinajstić information content (AvgIpc) is 2.05. The summed E-state index contributed by atoms with van der Waals surface area (Å²) in [5, 5.41) is 5.43. The molecule has 0 spiro atoms. The van der Waals surface area contributed by atoms with Crippen molar-refractivity contribution >= 4 is 34.5 Å². The fourth-order valence-corrected chi connectivity index (χ4v) is 1.78. The van der Waals surface area contributed by atoms with Gasteiger partial charge in [-0.3, -0.25) is 5.14 Å². The molecule has 0 bridgehead atoms. The summed E-state index contributed by atoms with van der Waals surface area (Å²) in [6.07, 6.45) is 0. The molecule has 0 radical (unpaired) electrons. The van der Waals surface area contributed by atoms with E-state index in [1.807, 2.05) is 18.2 Å². The first-order valence-corrected chi connectivity index (χ1v) is 4.94. The zero-order valence-electron chi connectivity index (χ0n) is 6.00. The molecule has 0 atom stereocenters. The lowest BCUT2D eigenvalue weighted by molar-refractivity contribution is 0.413. The molecule has 60 valence electrons. The summed E-state index contributed by atoms with van der Waals surface area (Å²) in [4.78, 5) is 1.05. The monoisotopic (exact) mass is 281 g/mol. The quantitative estimate of drug-likeness (QED) is 0.667. The van der Waals surface area contributed by atoms with E-state index >= 15 is 0 Å². The molecule has 0 unspecified atom stereocenters. The van der Waals surface area contributed by atoms with Crippen molar-refractivity contribution in [1.29, 1.82) is 0 Å². The van der Waals surface area contributed by atoms with Crippen LogP contribution < -0.4 is 9.88 Å². The zero-order valence-corrected chi connectivity index (χ0v) is 8.98. The molecule has 0 aliphatic heterocycles. The lowest BCUT2D eigenvalue weighted by Crippen LogP contribution is -1.87. The molecule has 0 fully saturated rings. The van der Waals surface area contributed by atoms with Crippen LogP contribution in [0.15, 0.2) is 23.1 Å². The Kier molecular flexibility index (Phi) is 3.47. The van der Waals surface area contributed by atoms with Gasteiger partial charge in [-0.25, -0.2) is 0 Å². The summed E-state index contributed by atoms with van der Waals surface area (Å²) in [5.41, 5.74) is 0. The minimum atomic E-state index is 0.846. The van der Waals surface area contributed by atoms with E-state index in [0.717, 1.165) is 14.2 Å². The van der Waals surface area contributed by atoms with E-state index in [1.54, 1.807) is 7.11 Å². The molecule has 0 heterocycles. The first-order valence-electron chi connectivity index (χ1n) is 2.98. The van der Waals surface area contributed by atoms with Crippen molar-refractivity contribution < 1.29 is 4.74 Å². The van der Waals surface area contributed by atoms with Gasteiger partial charge in [-0.2, -0.15) is 0 Å². The standard InChI is InChI=1S/C7H8INOS/c1-10-5-2-3-6(8)7(4-5)11-9/h2-4H,9H2,1H3. The molecule has 1 rings (SSSR count). The highest BCUT2D eigenvalue weighted by Crippen LogP contribution is 2.24. The summed E-state index contributed by atoms with van der Waals surface area (Å²) in [6, 6.07) is 5.82. The van der Waals surface area contributed by atoms with Gasteiger partial charge in [-0.05, 0) is 52.7 Å². The highest BCUT2D eigenvalue weighted by atomic mass is 127. The average molecular weight is 281 g/mol. The third kappa shape index (κ3) is 2.25. The third-order valence-electron chi connectivity index (χ3n) is 1.27. The summed E-state index contributed by atoms with van der Waals surface area (Å²) < 4.78 is 6.19. The van der Waals surface area contributed by atoms with Gasteiger partial charge < -0.3 is 4.74 Å². The largest absolute Gasteiger partial charge is 0.497 e. The molecule has 0 saturated heterocycles. The van der Waals surface area contributed by atoms with Gasteiger partial charge in [0.2, 0.25) is 0 Å². The number of hydrogen-bond donors (Lipinski definition) is 1. The van der Waals surface area contributed by atoms with Crippen molar-refractivity contribution in [2.45, 2.75) is 4.90 Å². The molecule has 11 heavy (non-hydrogen) atoms. The van der Waals surface area contributed by atoms with Crippen LogP contribution >= 0.6 is 34.5 Å². The van der Waals surface area contributed by atoms with E-state index in [2.05, 4.69) is 22.6 Å². The van der Waals surface area contributed by atoms with E-state index in [9.17, 15) is 0 Å². The number of ether oxygens (including phenoxy) is 1. The molecule has 1 aromatic rings. The Balaban J connectivity index is 3.02. The Morgan fingerprint density at radius 1 is 1.55 bits per heavy atom. The summed E-state index contributed by atoms with van der Waals surface area (Å²) in [5.74, 6) is 0.846.